The molecule has 0 unspecified atom stereocenters. The van der Waals surface area contributed by atoms with E-state index in [4.69, 9.17) is 14.2 Å². The first-order valence-electron chi connectivity index (χ1n) is 23.6. The van der Waals surface area contributed by atoms with Gasteiger partial charge in [0.15, 0.2) is 0 Å². The summed E-state index contributed by atoms with van der Waals surface area (Å²) in [6.07, 6.45) is 2.66. The van der Waals surface area contributed by atoms with Crippen LogP contribution in [0.25, 0.3) is 44.6 Å². The Kier molecular flexibility index (Phi) is 16.2. The molecule has 0 saturated carbocycles. The van der Waals surface area contributed by atoms with Crippen LogP contribution in [0.3, 0.4) is 0 Å². The Morgan fingerprint density at radius 2 is 1.07 bits per heavy atom. The number of pyridine rings is 2. The molecule has 2 aliphatic heterocycles. The quantitative estimate of drug-likeness (QED) is 0.106. The minimum absolute atomic E-state index is 0.0797. The molecule has 2 fully saturated rings. The molecule has 4 aromatic carbocycles. The second-order valence-electron chi connectivity index (χ2n) is 17.4. The number of fused-ring (bicyclic) bond motifs is 2. The van der Waals surface area contributed by atoms with Gasteiger partial charge in [-0.1, -0.05) is 74.8 Å². The third-order valence-corrected chi connectivity index (χ3v) is 13.3. The molecule has 0 spiro atoms. The number of rotatable bonds is 11. The molecule has 0 aliphatic carbocycles. The van der Waals surface area contributed by atoms with E-state index in [-0.39, 0.29) is 21.9 Å². The lowest BCUT2D eigenvalue weighted by Gasteiger charge is -2.36. The van der Waals surface area contributed by atoms with Crippen LogP contribution in [0.5, 0.6) is 0 Å². The maximum absolute atomic E-state index is 15.1. The van der Waals surface area contributed by atoms with Crippen LogP contribution in [0.4, 0.5) is 20.2 Å². The van der Waals surface area contributed by atoms with Crippen molar-refractivity contribution in [2.24, 2.45) is 0 Å². The summed E-state index contributed by atoms with van der Waals surface area (Å²) in [5.74, 6) is -1.31. The Bertz CT molecular complexity index is 3400. The average Bonchev–Trinajstić information content (AvgIpc) is 4.05. The molecule has 18 nitrogen and oxygen atoms in total. The van der Waals surface area contributed by atoms with Crippen molar-refractivity contribution < 1.29 is 37.6 Å². The van der Waals surface area contributed by atoms with Crippen molar-refractivity contribution >= 4 is 61.0 Å². The minimum Gasteiger partial charge on any atom is -0.477 e. The molecule has 380 valence electrons. The molecule has 4 aromatic heterocycles. The van der Waals surface area contributed by atoms with Crippen LogP contribution in [-0.4, -0.2) is 109 Å². The van der Waals surface area contributed by atoms with Gasteiger partial charge in [-0.05, 0) is 49.2 Å². The van der Waals surface area contributed by atoms with E-state index in [0.29, 0.717) is 85.1 Å². The van der Waals surface area contributed by atoms with Gasteiger partial charge in [0, 0.05) is 125 Å². The molecule has 10 rings (SSSR count). The molecule has 21 heteroatoms. The van der Waals surface area contributed by atoms with E-state index in [9.17, 15) is 28.7 Å². The Labute approximate surface area is 425 Å². The second-order valence-corrected chi connectivity index (χ2v) is 17.9. The van der Waals surface area contributed by atoms with Crippen LogP contribution >= 0.6 is 15.9 Å². The SMILES string of the molecule is CCn1cc(C(=O)O)c(=O)c2cc(F)c(N3CCN(Cc4ccc(-c5noc(C)n5)cc4)CC3)cc21.CCn1cc(C(=O)O)c(=O)c2cc(F)c(N3CCNCC3)cc21.Cc1nc(-c2ccc(CBr)cc2)no1. The summed E-state index contributed by atoms with van der Waals surface area (Å²) in [4.78, 5) is 62.2. The normalized spacial score (nSPS) is 13.9. The summed E-state index contributed by atoms with van der Waals surface area (Å²) in [7, 11) is 0. The van der Waals surface area contributed by atoms with Crippen LogP contribution in [0.15, 0.2) is 104 Å². The van der Waals surface area contributed by atoms with Crippen molar-refractivity contribution in [1.29, 1.82) is 0 Å². The number of anilines is 2. The number of carboxylic acids is 2. The van der Waals surface area contributed by atoms with Gasteiger partial charge in [0.05, 0.1) is 22.4 Å². The van der Waals surface area contributed by atoms with E-state index >= 15 is 4.39 Å². The number of nitrogens with zero attached hydrogens (tertiary/aromatic N) is 9. The predicted octanol–water partition coefficient (Wildman–Crippen LogP) is 7.75. The number of alkyl halides is 1. The zero-order valence-corrected chi connectivity index (χ0v) is 42.2. The van der Waals surface area contributed by atoms with Crippen LogP contribution in [0, 0.1) is 25.5 Å². The first kappa shape index (κ1) is 51.7. The number of aromatic carboxylic acids is 2. The van der Waals surface area contributed by atoms with Gasteiger partial charge in [-0.15, -0.1) is 0 Å². The van der Waals surface area contributed by atoms with Gasteiger partial charge in [0.1, 0.15) is 22.8 Å². The fourth-order valence-corrected chi connectivity index (χ4v) is 9.13. The summed E-state index contributed by atoms with van der Waals surface area (Å²) >= 11 is 3.39. The van der Waals surface area contributed by atoms with Gasteiger partial charge in [0.2, 0.25) is 34.3 Å². The molecular weight excluding hydrogens is 1010 g/mol. The number of piperazine rings is 2. The number of nitrogens with one attached hydrogen (secondary N) is 1. The highest BCUT2D eigenvalue weighted by Gasteiger charge is 2.24. The van der Waals surface area contributed by atoms with Crippen LogP contribution in [-0.2, 0) is 25.0 Å². The maximum Gasteiger partial charge on any atom is 0.341 e. The van der Waals surface area contributed by atoms with E-state index in [0.717, 1.165) is 60.8 Å². The molecule has 0 bridgehead atoms. The number of hydrogen-bond acceptors (Lipinski definition) is 14. The number of carboxylic acid groups (broad SMARTS) is 2. The fraction of sp³-hybridized carbons (Fsp3) is 0.308. The molecule has 0 amide bonds. The van der Waals surface area contributed by atoms with Crippen LogP contribution < -0.4 is 26.0 Å². The average molecular weight is 1060 g/mol. The van der Waals surface area contributed by atoms with Crippen molar-refractivity contribution in [2.75, 3.05) is 62.2 Å². The fourth-order valence-electron chi connectivity index (χ4n) is 8.76. The second kappa shape index (κ2) is 22.9. The summed E-state index contributed by atoms with van der Waals surface area (Å²) in [6.45, 7) is 14.6. The van der Waals surface area contributed by atoms with Crippen LogP contribution in [0.2, 0.25) is 0 Å². The van der Waals surface area contributed by atoms with Gasteiger partial charge >= 0.3 is 11.9 Å². The standard InChI is InChI=1S/C26H26FN5O4.C16H18FN3O3.C10H9BrN2O/c1-3-31-15-20(26(34)35)24(33)19-12-21(27)23(13-22(19)31)32-10-8-30(9-11-32)14-17-4-6-18(7-5-17)25-28-16(2)36-29-25;1-2-19-9-11(16(22)23)15(21)10-7-12(17)14(8-13(10)19)20-5-3-18-4-6-20;1-7-12-10(13-14-7)9-4-2-8(6-11)3-5-9/h4-7,12-13,15H,3,8-11,14H2,1-2H3,(H,34,35);7-9,18H,2-6H2,1H3,(H,22,23);2-5H,6H2,1H3. The van der Waals surface area contributed by atoms with Gasteiger partial charge in [0.25, 0.3) is 0 Å². The molecule has 8 aromatic rings. The number of carbonyl (C=O) groups is 2. The minimum atomic E-state index is -1.32. The monoisotopic (exact) mass is 1060 g/mol. The van der Waals surface area contributed by atoms with Crippen molar-refractivity contribution in [1.82, 2.24) is 39.6 Å². The third kappa shape index (κ3) is 11.7. The third-order valence-electron chi connectivity index (χ3n) is 12.7. The zero-order chi connectivity index (χ0) is 51.9. The summed E-state index contributed by atoms with van der Waals surface area (Å²) in [5.41, 5.74) is 4.20. The Morgan fingerprint density at radius 1 is 0.644 bits per heavy atom. The Hall–Kier alpha value is -7.62. The number of halogens is 3. The van der Waals surface area contributed by atoms with E-state index in [1.807, 2.05) is 72.2 Å². The van der Waals surface area contributed by atoms with Crippen molar-refractivity contribution in [2.45, 2.75) is 52.7 Å². The summed E-state index contributed by atoms with van der Waals surface area (Å²) in [5, 5.41) is 30.5. The number of aromatic nitrogens is 6. The van der Waals surface area contributed by atoms with Crippen molar-refractivity contribution in [3.05, 3.63) is 151 Å². The lowest BCUT2D eigenvalue weighted by molar-refractivity contribution is 0.0684. The lowest BCUT2D eigenvalue weighted by Crippen LogP contribution is -2.46. The predicted molar refractivity (Wildman–Crippen MR) is 276 cm³/mol. The Morgan fingerprint density at radius 3 is 1.45 bits per heavy atom. The molecule has 2 aliphatic rings. The highest BCUT2D eigenvalue weighted by atomic mass is 79.9. The van der Waals surface area contributed by atoms with E-state index in [2.05, 4.69) is 46.4 Å². The molecule has 3 N–H and O–H groups in total. The number of aryl methyl sites for hydroxylation is 4. The molecule has 73 heavy (non-hydrogen) atoms. The number of benzene rings is 4. The van der Waals surface area contributed by atoms with Gasteiger partial charge in [-0.25, -0.2) is 18.4 Å². The van der Waals surface area contributed by atoms with Gasteiger partial charge in [-0.3, -0.25) is 14.5 Å². The van der Waals surface area contributed by atoms with Crippen molar-refractivity contribution in [3.63, 3.8) is 0 Å². The highest BCUT2D eigenvalue weighted by Crippen LogP contribution is 2.28. The lowest BCUT2D eigenvalue weighted by atomic mass is 10.1. The smallest absolute Gasteiger partial charge is 0.341 e. The van der Waals surface area contributed by atoms with Crippen LogP contribution in [0.1, 0.15) is 57.5 Å². The van der Waals surface area contributed by atoms with E-state index < -0.39 is 34.4 Å². The molecule has 0 radical (unpaired) electrons. The van der Waals surface area contributed by atoms with Crippen molar-refractivity contribution in [3.8, 4) is 22.8 Å². The number of hydrogen-bond donors (Lipinski definition) is 3. The molecule has 2 saturated heterocycles. The summed E-state index contributed by atoms with van der Waals surface area (Å²) < 4.78 is 42.9. The highest BCUT2D eigenvalue weighted by molar-refractivity contribution is 9.08. The van der Waals surface area contributed by atoms with E-state index in [1.54, 1.807) is 35.1 Å². The first-order valence-corrected chi connectivity index (χ1v) is 24.8. The van der Waals surface area contributed by atoms with E-state index in [1.165, 1.54) is 24.0 Å². The molecule has 6 heterocycles. The van der Waals surface area contributed by atoms with Gasteiger partial charge < -0.3 is 43.5 Å². The molecular formula is C52H53BrF2N10O8. The first-order chi connectivity index (χ1) is 35.1. The van der Waals surface area contributed by atoms with Gasteiger partial charge in [-0.2, -0.15) is 9.97 Å². The Balaban J connectivity index is 0.000000163. The molecule has 0 atom stereocenters. The zero-order valence-electron chi connectivity index (χ0n) is 40.6. The maximum atomic E-state index is 15.1. The largest absolute Gasteiger partial charge is 0.477 e. The topological polar surface area (TPSA) is 218 Å². The summed E-state index contributed by atoms with van der Waals surface area (Å²) in [6, 6.07) is 21.7.